The molecule has 0 bridgehead atoms. The number of aromatic nitrogens is 3. The summed E-state index contributed by atoms with van der Waals surface area (Å²) in [4.78, 5) is 19.1. The lowest BCUT2D eigenvalue weighted by Crippen LogP contribution is -2.38. The highest BCUT2D eigenvalue weighted by atomic mass is 16.2. The van der Waals surface area contributed by atoms with Crippen LogP contribution in [0.25, 0.3) is 11.4 Å². The van der Waals surface area contributed by atoms with Gasteiger partial charge in [0.1, 0.15) is 0 Å². The van der Waals surface area contributed by atoms with Crippen LogP contribution in [-0.4, -0.2) is 38.7 Å². The molecular formula is C21H30N4O. The van der Waals surface area contributed by atoms with Crippen LogP contribution < -0.4 is 0 Å². The van der Waals surface area contributed by atoms with E-state index in [2.05, 4.69) is 36.1 Å². The summed E-state index contributed by atoms with van der Waals surface area (Å²) in [5.74, 6) is 0.783. The fraction of sp³-hybridized carbons (Fsp3) is 0.571. The molecule has 0 radical (unpaired) electrons. The quantitative estimate of drug-likeness (QED) is 0.835. The predicted molar refractivity (Wildman–Crippen MR) is 104 cm³/mol. The summed E-state index contributed by atoms with van der Waals surface area (Å²) in [6, 6.07) is 6.56. The van der Waals surface area contributed by atoms with Crippen LogP contribution in [0, 0.1) is 11.3 Å². The van der Waals surface area contributed by atoms with Crippen LogP contribution in [0.1, 0.15) is 52.6 Å². The van der Waals surface area contributed by atoms with Crippen LogP contribution in [0.4, 0.5) is 0 Å². The molecule has 0 aromatic carbocycles. The van der Waals surface area contributed by atoms with Gasteiger partial charge in [-0.15, -0.1) is 0 Å². The van der Waals surface area contributed by atoms with Crippen molar-refractivity contribution in [3.8, 4) is 11.4 Å². The Hall–Kier alpha value is -2.17. The van der Waals surface area contributed by atoms with Crippen LogP contribution >= 0.6 is 0 Å². The summed E-state index contributed by atoms with van der Waals surface area (Å²) >= 11 is 0. The van der Waals surface area contributed by atoms with Crippen molar-refractivity contribution >= 4 is 5.91 Å². The minimum Gasteiger partial charge on any atom is -0.342 e. The van der Waals surface area contributed by atoms with Crippen LogP contribution in [0.3, 0.4) is 0 Å². The molecule has 0 aliphatic carbocycles. The Balaban J connectivity index is 1.64. The van der Waals surface area contributed by atoms with Gasteiger partial charge < -0.3 is 4.90 Å². The molecule has 5 nitrogen and oxygen atoms in total. The van der Waals surface area contributed by atoms with Crippen molar-refractivity contribution in [3.05, 3.63) is 36.2 Å². The Morgan fingerprint density at radius 2 is 2.04 bits per heavy atom. The van der Waals surface area contributed by atoms with E-state index in [4.69, 9.17) is 0 Å². The van der Waals surface area contributed by atoms with Gasteiger partial charge in [0.2, 0.25) is 5.91 Å². The van der Waals surface area contributed by atoms with Crippen molar-refractivity contribution in [2.45, 2.75) is 53.5 Å². The van der Waals surface area contributed by atoms with E-state index in [0.29, 0.717) is 12.0 Å². The zero-order valence-corrected chi connectivity index (χ0v) is 16.6. The molecule has 1 atom stereocenters. The van der Waals surface area contributed by atoms with Crippen molar-refractivity contribution in [1.29, 1.82) is 0 Å². The highest BCUT2D eigenvalue weighted by Crippen LogP contribution is 2.27. The SMILES string of the molecule is CC(C)n1nccc1-c1ccc(C[C@H]2CCN(C(=O)C(C)(C)C)C2)cn1. The molecule has 1 aliphatic rings. The van der Waals surface area contributed by atoms with E-state index in [1.165, 1.54) is 5.56 Å². The maximum Gasteiger partial charge on any atom is 0.227 e. The summed E-state index contributed by atoms with van der Waals surface area (Å²) in [6.45, 7) is 12.0. The van der Waals surface area contributed by atoms with E-state index in [-0.39, 0.29) is 11.3 Å². The molecule has 1 fully saturated rings. The second-order valence-corrected chi connectivity index (χ2v) is 8.67. The number of rotatable bonds is 4. The fourth-order valence-electron chi connectivity index (χ4n) is 3.62. The Morgan fingerprint density at radius 1 is 1.27 bits per heavy atom. The van der Waals surface area contributed by atoms with Crippen LogP contribution in [0.2, 0.25) is 0 Å². The zero-order valence-electron chi connectivity index (χ0n) is 16.6. The first kappa shape index (κ1) is 18.6. The van der Waals surface area contributed by atoms with Crippen molar-refractivity contribution in [2.24, 2.45) is 11.3 Å². The van der Waals surface area contributed by atoms with E-state index < -0.39 is 0 Å². The minimum atomic E-state index is -0.294. The molecule has 0 N–H and O–H groups in total. The maximum atomic E-state index is 12.4. The summed E-state index contributed by atoms with van der Waals surface area (Å²) in [5, 5.41) is 4.38. The average molecular weight is 354 g/mol. The predicted octanol–water partition coefficient (Wildman–Crippen LogP) is 3.96. The molecule has 0 saturated carbocycles. The normalized spacial score (nSPS) is 17.9. The summed E-state index contributed by atoms with van der Waals surface area (Å²) in [6.07, 6.45) is 5.85. The molecule has 3 rings (SSSR count). The number of amides is 1. The molecular weight excluding hydrogens is 324 g/mol. The van der Waals surface area contributed by atoms with Gasteiger partial charge in [-0.25, -0.2) is 0 Å². The number of likely N-dealkylation sites (tertiary alicyclic amines) is 1. The molecule has 1 saturated heterocycles. The molecule has 1 aliphatic heterocycles. The summed E-state index contributed by atoms with van der Waals surface area (Å²) in [5.41, 5.74) is 2.95. The molecule has 1 amide bonds. The second-order valence-electron chi connectivity index (χ2n) is 8.67. The number of carbonyl (C=O) groups excluding carboxylic acids is 1. The Kier molecular flexibility index (Phi) is 5.17. The Morgan fingerprint density at radius 3 is 2.65 bits per heavy atom. The first-order chi connectivity index (χ1) is 12.3. The largest absolute Gasteiger partial charge is 0.342 e. The molecule has 26 heavy (non-hydrogen) atoms. The molecule has 140 valence electrons. The summed E-state index contributed by atoms with van der Waals surface area (Å²) in [7, 11) is 0. The maximum absolute atomic E-state index is 12.4. The van der Waals surface area contributed by atoms with E-state index in [1.807, 2.05) is 48.8 Å². The molecule has 5 heteroatoms. The number of carbonyl (C=O) groups is 1. The van der Waals surface area contributed by atoms with Gasteiger partial charge in [-0.3, -0.25) is 14.5 Å². The van der Waals surface area contributed by atoms with Crippen LogP contribution in [-0.2, 0) is 11.2 Å². The Bertz CT molecular complexity index is 755. The van der Waals surface area contributed by atoms with Gasteiger partial charge >= 0.3 is 0 Å². The van der Waals surface area contributed by atoms with E-state index in [1.54, 1.807) is 0 Å². The lowest BCUT2D eigenvalue weighted by Gasteiger charge is -2.25. The van der Waals surface area contributed by atoms with Gasteiger partial charge in [0.25, 0.3) is 0 Å². The number of hydrogen-bond acceptors (Lipinski definition) is 3. The average Bonchev–Trinajstić information content (AvgIpc) is 3.23. The highest BCUT2D eigenvalue weighted by Gasteiger charge is 2.32. The number of hydrogen-bond donors (Lipinski definition) is 0. The lowest BCUT2D eigenvalue weighted by atomic mass is 9.95. The monoisotopic (exact) mass is 354 g/mol. The van der Waals surface area contributed by atoms with E-state index >= 15 is 0 Å². The third-order valence-corrected chi connectivity index (χ3v) is 4.99. The molecule has 2 aromatic rings. The standard InChI is InChI=1S/C21H30N4O/c1-15(2)25-19(8-10-23-25)18-7-6-16(13-22-18)12-17-9-11-24(14-17)20(26)21(3,4)5/h6-8,10,13,15,17H,9,11-12,14H2,1-5H3/t17-/m1/s1. The zero-order chi connectivity index (χ0) is 18.9. The van der Waals surface area contributed by atoms with Gasteiger partial charge in [-0.2, -0.15) is 5.10 Å². The van der Waals surface area contributed by atoms with Gasteiger partial charge in [0.05, 0.1) is 11.4 Å². The molecule has 2 aromatic heterocycles. The topological polar surface area (TPSA) is 51.0 Å². The third-order valence-electron chi connectivity index (χ3n) is 4.99. The van der Waals surface area contributed by atoms with Gasteiger partial charge in [0.15, 0.2) is 0 Å². The van der Waals surface area contributed by atoms with Crippen LogP contribution in [0.5, 0.6) is 0 Å². The second kappa shape index (κ2) is 7.22. The first-order valence-corrected chi connectivity index (χ1v) is 9.54. The van der Waals surface area contributed by atoms with Gasteiger partial charge in [-0.1, -0.05) is 26.8 Å². The van der Waals surface area contributed by atoms with Crippen molar-refractivity contribution in [2.75, 3.05) is 13.1 Å². The Labute approximate surface area is 156 Å². The smallest absolute Gasteiger partial charge is 0.227 e. The summed E-state index contributed by atoms with van der Waals surface area (Å²) < 4.78 is 2.00. The van der Waals surface area contributed by atoms with Crippen molar-refractivity contribution < 1.29 is 4.79 Å². The highest BCUT2D eigenvalue weighted by molar-refractivity contribution is 5.81. The van der Waals surface area contributed by atoms with Crippen molar-refractivity contribution in [3.63, 3.8) is 0 Å². The number of nitrogens with zero attached hydrogens (tertiary/aromatic N) is 4. The molecule has 0 unspecified atom stereocenters. The fourth-order valence-corrected chi connectivity index (χ4v) is 3.62. The van der Waals surface area contributed by atoms with Gasteiger partial charge in [-0.05, 0) is 50.3 Å². The van der Waals surface area contributed by atoms with Gasteiger partial charge in [0, 0.05) is 36.9 Å². The molecule has 3 heterocycles. The van der Waals surface area contributed by atoms with Crippen molar-refractivity contribution in [1.82, 2.24) is 19.7 Å². The van der Waals surface area contributed by atoms with E-state index in [0.717, 1.165) is 37.3 Å². The van der Waals surface area contributed by atoms with Crippen LogP contribution in [0.15, 0.2) is 30.6 Å². The molecule has 0 spiro atoms. The lowest BCUT2D eigenvalue weighted by molar-refractivity contribution is -0.138. The van der Waals surface area contributed by atoms with E-state index in [9.17, 15) is 4.79 Å². The number of pyridine rings is 1. The first-order valence-electron chi connectivity index (χ1n) is 9.54. The minimum absolute atomic E-state index is 0.260. The third kappa shape index (κ3) is 3.97.